The second kappa shape index (κ2) is 5.18. The molecular formula is C20H26N2O3. The van der Waals surface area contributed by atoms with Crippen molar-refractivity contribution in [2.75, 3.05) is 0 Å². The van der Waals surface area contributed by atoms with Crippen molar-refractivity contribution in [3.8, 4) is 0 Å². The maximum absolute atomic E-state index is 13.0. The highest BCUT2D eigenvalue weighted by Crippen LogP contribution is 2.69. The van der Waals surface area contributed by atoms with Crippen LogP contribution in [0.5, 0.6) is 0 Å². The smallest absolute Gasteiger partial charge is 0.252 e. The van der Waals surface area contributed by atoms with E-state index in [2.05, 4.69) is 19.3 Å². The normalized spacial score (nSPS) is 42.6. The van der Waals surface area contributed by atoms with Crippen LogP contribution in [-0.2, 0) is 14.4 Å². The molecule has 3 amide bonds. The molecule has 5 heteroatoms. The van der Waals surface area contributed by atoms with Gasteiger partial charge in [-0.1, -0.05) is 30.4 Å². The van der Waals surface area contributed by atoms with Gasteiger partial charge in [0, 0.05) is 5.92 Å². The highest BCUT2D eigenvalue weighted by atomic mass is 16.2. The molecule has 5 aliphatic carbocycles. The van der Waals surface area contributed by atoms with Gasteiger partial charge in [0.1, 0.15) is 0 Å². The van der Waals surface area contributed by atoms with E-state index in [0.717, 1.165) is 37.1 Å². The zero-order valence-corrected chi connectivity index (χ0v) is 15.0. The van der Waals surface area contributed by atoms with Gasteiger partial charge < -0.3 is 0 Å². The second-order valence-electron chi connectivity index (χ2n) is 8.86. The minimum atomic E-state index is -0.239. The number of amides is 3. The van der Waals surface area contributed by atoms with Crippen LogP contribution >= 0.6 is 0 Å². The van der Waals surface area contributed by atoms with Crippen molar-refractivity contribution in [1.82, 2.24) is 10.4 Å². The number of hydrazine groups is 1. The predicted molar refractivity (Wildman–Crippen MR) is 90.5 cm³/mol. The van der Waals surface area contributed by atoms with Crippen molar-refractivity contribution in [3.63, 3.8) is 0 Å². The lowest BCUT2D eigenvalue weighted by Gasteiger charge is -2.44. The fourth-order valence-corrected chi connectivity index (χ4v) is 6.45. The Hall–Kier alpha value is -1.65. The minimum Gasteiger partial charge on any atom is -0.273 e. The number of nitrogens with one attached hydrogen (secondary N) is 1. The molecule has 0 spiro atoms. The van der Waals surface area contributed by atoms with Crippen LogP contribution in [0.1, 0.15) is 52.4 Å². The summed E-state index contributed by atoms with van der Waals surface area (Å²) in [6.07, 6.45) is 6.17. The molecule has 0 aromatic heterocycles. The molecule has 5 nitrogen and oxygen atoms in total. The molecule has 6 unspecified atom stereocenters. The van der Waals surface area contributed by atoms with Gasteiger partial charge in [-0.15, -0.1) is 0 Å². The largest absolute Gasteiger partial charge is 0.273 e. The predicted octanol–water partition coefficient (Wildman–Crippen LogP) is 2.43. The van der Waals surface area contributed by atoms with E-state index in [-0.39, 0.29) is 47.3 Å². The molecule has 6 atom stereocenters. The van der Waals surface area contributed by atoms with E-state index in [4.69, 9.17) is 0 Å². The van der Waals surface area contributed by atoms with Gasteiger partial charge in [0.2, 0.25) is 5.91 Å². The van der Waals surface area contributed by atoms with Crippen LogP contribution in [-0.4, -0.2) is 22.7 Å². The van der Waals surface area contributed by atoms with E-state index < -0.39 is 0 Å². The third-order valence-corrected chi connectivity index (χ3v) is 7.81. The van der Waals surface area contributed by atoms with Crippen LogP contribution in [0.4, 0.5) is 0 Å². The summed E-state index contributed by atoms with van der Waals surface area (Å²) < 4.78 is 0. The van der Waals surface area contributed by atoms with Crippen LogP contribution in [0, 0.1) is 41.4 Å². The van der Waals surface area contributed by atoms with Gasteiger partial charge in [0.25, 0.3) is 11.8 Å². The number of nitrogens with zero attached hydrogens (tertiary/aromatic N) is 1. The summed E-state index contributed by atoms with van der Waals surface area (Å²) in [7, 11) is 0. The molecule has 0 aromatic carbocycles. The summed E-state index contributed by atoms with van der Waals surface area (Å²) in [5, 5.41) is 1.10. The Balaban J connectivity index is 1.40. The first-order valence-corrected chi connectivity index (χ1v) is 9.86. The Labute approximate surface area is 148 Å². The summed E-state index contributed by atoms with van der Waals surface area (Å²) in [5.41, 5.74) is 5.36. The first-order valence-electron chi connectivity index (χ1n) is 9.86. The fraction of sp³-hybridized carbons (Fsp3) is 0.750. The molecule has 1 aliphatic heterocycles. The summed E-state index contributed by atoms with van der Waals surface area (Å²) in [5.74, 6) is 0.607. The Morgan fingerprint density at radius 2 is 1.40 bits per heavy atom. The number of hydrogen-bond acceptors (Lipinski definition) is 3. The number of carbonyl (C=O) groups is 3. The van der Waals surface area contributed by atoms with Crippen LogP contribution < -0.4 is 5.43 Å². The van der Waals surface area contributed by atoms with Crippen LogP contribution in [0.25, 0.3) is 0 Å². The van der Waals surface area contributed by atoms with E-state index in [1.165, 1.54) is 17.6 Å². The molecule has 4 fully saturated rings. The van der Waals surface area contributed by atoms with Crippen LogP contribution in [0.2, 0.25) is 0 Å². The third kappa shape index (κ3) is 1.98. The lowest BCUT2D eigenvalue weighted by atomic mass is 9.57. The SMILES string of the molecule is CC1=C(C)C2C3CC3C1C1C(=O)N(NC(=O)C3CCCCC3)C(=O)C21. The fourth-order valence-electron chi connectivity index (χ4n) is 6.45. The van der Waals surface area contributed by atoms with Gasteiger partial charge in [0.15, 0.2) is 0 Å². The van der Waals surface area contributed by atoms with Gasteiger partial charge in [-0.3, -0.25) is 19.8 Å². The topological polar surface area (TPSA) is 66.5 Å². The first-order chi connectivity index (χ1) is 12.0. The Morgan fingerprint density at radius 3 is 1.92 bits per heavy atom. The average Bonchev–Trinajstić information content (AvgIpc) is 3.38. The zero-order valence-electron chi connectivity index (χ0n) is 15.0. The molecule has 0 radical (unpaired) electrons. The maximum atomic E-state index is 13.0. The second-order valence-corrected chi connectivity index (χ2v) is 8.86. The standard InChI is InChI=1S/C20H26N2O3/c1-9-10(2)15-13-8-12(13)14(9)16-17(15)20(25)22(19(16)24)21-18(23)11-6-4-3-5-7-11/h11-17H,3-8H2,1-2H3,(H,21,23). The zero-order chi connectivity index (χ0) is 17.5. The van der Waals surface area contributed by atoms with Crippen molar-refractivity contribution < 1.29 is 14.4 Å². The lowest BCUT2D eigenvalue weighted by Crippen LogP contribution is -2.49. The highest BCUT2D eigenvalue weighted by molar-refractivity contribution is 6.07. The number of allylic oxidation sites excluding steroid dienone is 2. The van der Waals surface area contributed by atoms with Gasteiger partial charge in [-0.05, 0) is 56.8 Å². The average molecular weight is 342 g/mol. The number of imide groups is 1. The van der Waals surface area contributed by atoms with E-state index in [9.17, 15) is 14.4 Å². The number of rotatable bonds is 2. The molecule has 1 N–H and O–H groups in total. The summed E-state index contributed by atoms with van der Waals surface area (Å²) in [4.78, 5) is 38.6. The van der Waals surface area contributed by atoms with Crippen LogP contribution in [0.15, 0.2) is 11.1 Å². The molecule has 1 saturated heterocycles. The van der Waals surface area contributed by atoms with Gasteiger partial charge in [0.05, 0.1) is 11.8 Å². The monoisotopic (exact) mass is 342 g/mol. The molecular weight excluding hydrogens is 316 g/mol. The Kier molecular flexibility index (Phi) is 3.23. The van der Waals surface area contributed by atoms with Crippen molar-refractivity contribution in [3.05, 3.63) is 11.1 Å². The van der Waals surface area contributed by atoms with E-state index in [0.29, 0.717) is 11.8 Å². The lowest BCUT2D eigenvalue weighted by molar-refractivity contribution is -0.150. The van der Waals surface area contributed by atoms with Gasteiger partial charge >= 0.3 is 0 Å². The van der Waals surface area contributed by atoms with Crippen molar-refractivity contribution in [2.45, 2.75) is 52.4 Å². The Bertz CT molecular complexity index is 664. The van der Waals surface area contributed by atoms with Gasteiger partial charge in [-0.2, -0.15) is 5.01 Å². The van der Waals surface area contributed by atoms with Crippen LogP contribution in [0.3, 0.4) is 0 Å². The quantitative estimate of drug-likeness (QED) is 0.619. The van der Waals surface area contributed by atoms with Crippen molar-refractivity contribution >= 4 is 17.7 Å². The molecule has 0 aromatic rings. The molecule has 3 saturated carbocycles. The van der Waals surface area contributed by atoms with Crippen molar-refractivity contribution in [1.29, 1.82) is 0 Å². The molecule has 25 heavy (non-hydrogen) atoms. The third-order valence-electron chi connectivity index (χ3n) is 7.81. The maximum Gasteiger partial charge on any atom is 0.252 e. The summed E-state index contributed by atoms with van der Waals surface area (Å²) >= 11 is 0. The van der Waals surface area contributed by atoms with Gasteiger partial charge in [-0.25, -0.2) is 0 Å². The summed E-state index contributed by atoms with van der Waals surface area (Å²) in [6, 6.07) is 0. The minimum absolute atomic E-state index is 0.0521. The molecule has 6 rings (SSSR count). The van der Waals surface area contributed by atoms with E-state index in [1.54, 1.807) is 0 Å². The Morgan fingerprint density at radius 1 is 0.880 bits per heavy atom. The molecule has 2 bridgehead atoms. The molecule has 134 valence electrons. The molecule has 1 heterocycles. The highest BCUT2D eigenvalue weighted by Gasteiger charge is 2.69. The number of carbonyl (C=O) groups excluding carboxylic acids is 3. The molecule has 6 aliphatic rings. The van der Waals surface area contributed by atoms with Crippen molar-refractivity contribution in [2.24, 2.45) is 41.4 Å². The first kappa shape index (κ1) is 15.6. The number of hydrogen-bond donors (Lipinski definition) is 1. The van der Waals surface area contributed by atoms with E-state index in [1.807, 2.05) is 0 Å². The summed E-state index contributed by atoms with van der Waals surface area (Å²) in [6.45, 7) is 4.28. The van der Waals surface area contributed by atoms with E-state index >= 15 is 0 Å².